The number of carbonyl (C=O) groups is 3. The van der Waals surface area contributed by atoms with Crippen molar-refractivity contribution in [2.24, 2.45) is 0 Å². The fourth-order valence-corrected chi connectivity index (χ4v) is 3.18. The molecule has 0 saturated heterocycles. The Morgan fingerprint density at radius 2 is 1.92 bits per heavy atom. The highest BCUT2D eigenvalue weighted by molar-refractivity contribution is 7.10. The number of halogens is 1. The third-order valence-corrected chi connectivity index (χ3v) is 4.76. The average molecular weight is 395 g/mol. The predicted molar refractivity (Wildman–Crippen MR) is 101 cm³/mol. The summed E-state index contributed by atoms with van der Waals surface area (Å²) in [4.78, 5) is 36.6. The quantitative estimate of drug-likeness (QED) is 0.703. The van der Waals surface area contributed by atoms with Crippen LogP contribution in [0.4, 0.5) is 5.69 Å². The van der Waals surface area contributed by atoms with Crippen LogP contribution in [0.5, 0.6) is 0 Å². The van der Waals surface area contributed by atoms with Crippen LogP contribution in [0.3, 0.4) is 0 Å². The zero-order valence-corrected chi connectivity index (χ0v) is 15.9. The van der Waals surface area contributed by atoms with Crippen molar-refractivity contribution in [2.45, 2.75) is 32.4 Å². The molecular weight excluding hydrogens is 376 g/mol. The van der Waals surface area contributed by atoms with Gasteiger partial charge in [-0.25, -0.2) is 0 Å². The summed E-state index contributed by atoms with van der Waals surface area (Å²) in [5.74, 6) is -1.32. The first-order valence-electron chi connectivity index (χ1n) is 7.92. The molecule has 26 heavy (non-hydrogen) atoms. The SMILES string of the molecule is CC(=O)NC(CC(=O)OC(C)C(=O)Nc1ccccc1Cl)c1cccs1. The Balaban J connectivity index is 1.93. The van der Waals surface area contributed by atoms with E-state index in [0.717, 1.165) is 4.88 Å². The van der Waals surface area contributed by atoms with Crippen LogP contribution < -0.4 is 10.6 Å². The number of carbonyl (C=O) groups excluding carboxylic acids is 3. The molecule has 2 rings (SSSR count). The Morgan fingerprint density at radius 1 is 1.19 bits per heavy atom. The molecule has 1 heterocycles. The summed E-state index contributed by atoms with van der Waals surface area (Å²) in [6.07, 6.45) is -1.07. The molecule has 2 N–H and O–H groups in total. The number of thiophene rings is 1. The minimum absolute atomic E-state index is 0.0657. The maximum absolute atomic E-state index is 12.2. The topological polar surface area (TPSA) is 84.5 Å². The van der Waals surface area contributed by atoms with Gasteiger partial charge in [-0.2, -0.15) is 0 Å². The molecule has 0 spiro atoms. The van der Waals surface area contributed by atoms with Crippen molar-refractivity contribution in [3.63, 3.8) is 0 Å². The number of anilines is 1. The normalized spacial score (nSPS) is 12.7. The van der Waals surface area contributed by atoms with E-state index in [2.05, 4.69) is 10.6 Å². The smallest absolute Gasteiger partial charge is 0.309 e. The van der Waals surface area contributed by atoms with Gasteiger partial charge < -0.3 is 15.4 Å². The van der Waals surface area contributed by atoms with Gasteiger partial charge in [0.2, 0.25) is 5.91 Å². The number of esters is 1. The lowest BCUT2D eigenvalue weighted by Crippen LogP contribution is -2.32. The van der Waals surface area contributed by atoms with Crippen LogP contribution in [0.15, 0.2) is 41.8 Å². The molecule has 2 atom stereocenters. The van der Waals surface area contributed by atoms with E-state index in [0.29, 0.717) is 10.7 Å². The van der Waals surface area contributed by atoms with Gasteiger partial charge >= 0.3 is 5.97 Å². The highest BCUT2D eigenvalue weighted by Crippen LogP contribution is 2.23. The number of para-hydroxylation sites is 1. The number of nitrogens with one attached hydrogen (secondary N) is 2. The van der Waals surface area contributed by atoms with Gasteiger partial charge in [0, 0.05) is 11.8 Å². The van der Waals surface area contributed by atoms with Gasteiger partial charge in [0.25, 0.3) is 5.91 Å². The molecule has 6 nitrogen and oxygen atoms in total. The maximum atomic E-state index is 12.2. The number of hydrogen-bond acceptors (Lipinski definition) is 5. The number of rotatable bonds is 7. The first-order valence-corrected chi connectivity index (χ1v) is 9.18. The molecule has 0 radical (unpaired) electrons. The zero-order chi connectivity index (χ0) is 19.1. The number of amides is 2. The summed E-state index contributed by atoms with van der Waals surface area (Å²) < 4.78 is 5.19. The first kappa shape index (κ1) is 19.9. The van der Waals surface area contributed by atoms with Crippen LogP contribution in [0.1, 0.15) is 31.2 Å². The van der Waals surface area contributed by atoms with E-state index in [9.17, 15) is 14.4 Å². The first-order chi connectivity index (χ1) is 12.4. The lowest BCUT2D eigenvalue weighted by atomic mass is 10.1. The van der Waals surface area contributed by atoms with Crippen molar-refractivity contribution in [2.75, 3.05) is 5.32 Å². The van der Waals surface area contributed by atoms with E-state index in [1.54, 1.807) is 24.3 Å². The number of benzene rings is 1. The second-order valence-electron chi connectivity index (χ2n) is 5.57. The number of hydrogen-bond donors (Lipinski definition) is 2. The molecule has 0 aliphatic rings. The summed E-state index contributed by atoms with van der Waals surface area (Å²) >= 11 is 7.42. The van der Waals surface area contributed by atoms with Crippen molar-refractivity contribution in [1.82, 2.24) is 5.32 Å². The molecule has 0 aliphatic carbocycles. The summed E-state index contributed by atoms with van der Waals surface area (Å²) in [7, 11) is 0. The fraction of sp³-hybridized carbons (Fsp3) is 0.278. The monoisotopic (exact) mass is 394 g/mol. The largest absolute Gasteiger partial charge is 0.452 e. The van der Waals surface area contributed by atoms with Gasteiger partial charge in [-0.1, -0.05) is 29.8 Å². The third kappa shape index (κ3) is 5.86. The second-order valence-corrected chi connectivity index (χ2v) is 6.96. The summed E-state index contributed by atoms with van der Waals surface area (Å²) in [6, 6.07) is 9.95. The Labute approximate surface area is 160 Å². The lowest BCUT2D eigenvalue weighted by molar-refractivity contribution is -0.153. The standard InChI is InChI=1S/C18H19ClN2O4S/c1-11(18(24)21-14-7-4-3-6-13(14)19)25-17(23)10-15(20-12(2)22)16-8-5-9-26-16/h3-9,11,15H,10H2,1-2H3,(H,20,22)(H,21,24). The van der Waals surface area contributed by atoms with Crippen LogP contribution in [-0.2, 0) is 19.1 Å². The van der Waals surface area contributed by atoms with Crippen molar-refractivity contribution in [1.29, 1.82) is 0 Å². The molecule has 138 valence electrons. The molecule has 1 aromatic heterocycles. The van der Waals surface area contributed by atoms with Crippen LogP contribution in [0, 0.1) is 0 Å². The Kier molecular flexibility index (Phi) is 7.17. The predicted octanol–water partition coefficient (Wildman–Crippen LogP) is 3.54. The summed E-state index contributed by atoms with van der Waals surface area (Å²) in [5.41, 5.74) is 0.441. The van der Waals surface area contributed by atoms with Crippen molar-refractivity contribution in [3.05, 3.63) is 51.7 Å². The van der Waals surface area contributed by atoms with E-state index in [1.807, 2.05) is 17.5 Å². The molecule has 2 unspecified atom stereocenters. The third-order valence-electron chi connectivity index (χ3n) is 3.44. The van der Waals surface area contributed by atoms with E-state index in [4.69, 9.17) is 16.3 Å². The molecule has 2 aromatic rings. The number of ether oxygens (including phenoxy) is 1. The molecular formula is C18H19ClN2O4S. The van der Waals surface area contributed by atoms with E-state index in [1.165, 1.54) is 25.2 Å². The van der Waals surface area contributed by atoms with Gasteiger partial charge in [0.1, 0.15) is 0 Å². The highest BCUT2D eigenvalue weighted by atomic mass is 35.5. The molecule has 2 amide bonds. The van der Waals surface area contributed by atoms with Gasteiger partial charge in [-0.3, -0.25) is 14.4 Å². The van der Waals surface area contributed by atoms with Crippen LogP contribution in [0.25, 0.3) is 0 Å². The van der Waals surface area contributed by atoms with Crippen molar-refractivity contribution < 1.29 is 19.1 Å². The Hall–Kier alpha value is -2.38. The zero-order valence-electron chi connectivity index (χ0n) is 14.3. The average Bonchev–Trinajstić information content (AvgIpc) is 3.10. The summed E-state index contributed by atoms with van der Waals surface area (Å²) in [5, 5.41) is 7.58. The van der Waals surface area contributed by atoms with Crippen molar-refractivity contribution >= 4 is 46.4 Å². The molecule has 1 aromatic carbocycles. The lowest BCUT2D eigenvalue weighted by Gasteiger charge is -2.18. The van der Waals surface area contributed by atoms with Gasteiger partial charge in [0.05, 0.1) is 23.2 Å². The second kappa shape index (κ2) is 9.35. The molecule has 0 aliphatic heterocycles. The fourth-order valence-electron chi connectivity index (χ4n) is 2.22. The maximum Gasteiger partial charge on any atom is 0.309 e. The molecule has 0 bridgehead atoms. The molecule has 0 saturated carbocycles. The van der Waals surface area contributed by atoms with Gasteiger partial charge in [0.15, 0.2) is 6.10 Å². The molecule has 0 fully saturated rings. The Morgan fingerprint density at radius 3 is 2.54 bits per heavy atom. The highest BCUT2D eigenvalue weighted by Gasteiger charge is 2.23. The van der Waals surface area contributed by atoms with Crippen LogP contribution in [-0.4, -0.2) is 23.9 Å². The minimum atomic E-state index is -1.000. The molecule has 8 heteroatoms. The minimum Gasteiger partial charge on any atom is -0.452 e. The van der Waals surface area contributed by atoms with Crippen molar-refractivity contribution in [3.8, 4) is 0 Å². The van der Waals surface area contributed by atoms with Gasteiger partial charge in [-0.15, -0.1) is 11.3 Å². The Bertz CT molecular complexity index is 779. The van der Waals surface area contributed by atoms with E-state index >= 15 is 0 Å². The van der Waals surface area contributed by atoms with E-state index in [-0.39, 0.29) is 12.3 Å². The summed E-state index contributed by atoms with van der Waals surface area (Å²) in [6.45, 7) is 2.86. The van der Waals surface area contributed by atoms with Gasteiger partial charge in [-0.05, 0) is 30.5 Å². The van der Waals surface area contributed by atoms with E-state index < -0.39 is 24.0 Å². The van der Waals surface area contributed by atoms with Crippen LogP contribution >= 0.6 is 22.9 Å². The van der Waals surface area contributed by atoms with Crippen LogP contribution in [0.2, 0.25) is 5.02 Å².